The summed E-state index contributed by atoms with van der Waals surface area (Å²) in [5, 5.41) is 8.82. The van der Waals surface area contributed by atoms with E-state index in [1.165, 1.54) is 11.0 Å². The summed E-state index contributed by atoms with van der Waals surface area (Å²) in [5.41, 5.74) is 5.46. The van der Waals surface area contributed by atoms with Crippen LogP contribution < -0.4 is 15.2 Å². The third kappa shape index (κ3) is 3.59. The summed E-state index contributed by atoms with van der Waals surface area (Å²) < 4.78 is 33.9. The predicted molar refractivity (Wildman–Crippen MR) is 63.9 cm³/mol. The number of likely N-dealkylation sites (tertiary alicyclic amines) is 1. The number of halogens is 2. The molecule has 1 aromatic heterocycles. The highest BCUT2D eigenvalue weighted by molar-refractivity contribution is 5.65. The minimum atomic E-state index is -2.97. The summed E-state index contributed by atoms with van der Waals surface area (Å²) in [7, 11) is 0. The van der Waals surface area contributed by atoms with Gasteiger partial charge in [-0.2, -0.15) is 13.8 Å². The van der Waals surface area contributed by atoms with Crippen molar-refractivity contribution in [2.24, 2.45) is 0 Å². The van der Waals surface area contributed by atoms with Gasteiger partial charge in [-0.15, -0.1) is 0 Å². The fraction of sp³-hybridized carbons (Fsp3) is 0.455. The molecule has 1 fully saturated rings. The van der Waals surface area contributed by atoms with Gasteiger partial charge in [-0.1, -0.05) is 0 Å². The summed E-state index contributed by atoms with van der Waals surface area (Å²) in [6.07, 6.45) is -0.925. The number of carboxylic acid groups (broad SMARTS) is 1. The lowest BCUT2D eigenvalue weighted by Crippen LogP contribution is -2.29. The topological polar surface area (TPSA) is 97.9 Å². The van der Waals surface area contributed by atoms with Crippen molar-refractivity contribution in [1.82, 2.24) is 9.88 Å². The average Bonchev–Trinajstić information content (AvgIpc) is 2.75. The van der Waals surface area contributed by atoms with Gasteiger partial charge < -0.3 is 25.2 Å². The maximum Gasteiger partial charge on any atom is 0.407 e. The van der Waals surface area contributed by atoms with Crippen LogP contribution in [-0.4, -0.2) is 46.9 Å². The number of carbonyl (C=O) groups is 1. The minimum Gasteiger partial charge on any atom is -0.472 e. The quantitative estimate of drug-likeness (QED) is 0.869. The molecule has 1 saturated heterocycles. The van der Waals surface area contributed by atoms with Crippen molar-refractivity contribution >= 4 is 11.9 Å². The predicted octanol–water partition coefficient (Wildman–Crippen LogP) is 1.40. The summed E-state index contributed by atoms with van der Waals surface area (Å²) in [6, 6.07) is 2.34. The van der Waals surface area contributed by atoms with Gasteiger partial charge in [0.25, 0.3) is 0 Å². The Labute approximate surface area is 112 Å². The van der Waals surface area contributed by atoms with Crippen LogP contribution in [0.1, 0.15) is 6.42 Å². The van der Waals surface area contributed by atoms with E-state index in [-0.39, 0.29) is 30.1 Å². The number of pyridine rings is 1. The van der Waals surface area contributed by atoms with Crippen LogP contribution in [-0.2, 0) is 0 Å². The standard InChI is InChI=1S/C11H13F2N3O4/c12-10(13)20-7-3-8(14)15-9(4-7)19-6-1-2-16(5-6)11(17)18/h3-4,6,10H,1-2,5H2,(H2,14,15)(H,17,18)/t6-/m0/s1. The number of amides is 1. The second-order valence-corrected chi connectivity index (χ2v) is 4.20. The van der Waals surface area contributed by atoms with Crippen LogP contribution in [0.5, 0.6) is 11.6 Å². The van der Waals surface area contributed by atoms with Crippen LogP contribution in [0.4, 0.5) is 19.4 Å². The normalized spacial score (nSPS) is 18.4. The first-order chi connectivity index (χ1) is 9.44. The van der Waals surface area contributed by atoms with Crippen molar-refractivity contribution in [3.63, 3.8) is 0 Å². The highest BCUT2D eigenvalue weighted by Crippen LogP contribution is 2.24. The molecule has 0 bridgehead atoms. The second kappa shape index (κ2) is 5.76. The van der Waals surface area contributed by atoms with E-state index in [2.05, 4.69) is 9.72 Å². The zero-order valence-electron chi connectivity index (χ0n) is 10.3. The Morgan fingerprint density at radius 2 is 2.30 bits per heavy atom. The molecule has 2 rings (SSSR count). The van der Waals surface area contributed by atoms with Gasteiger partial charge in [0.2, 0.25) is 5.88 Å². The first-order valence-electron chi connectivity index (χ1n) is 5.81. The molecule has 1 aromatic rings. The number of anilines is 1. The molecular weight excluding hydrogens is 276 g/mol. The molecule has 0 aromatic carbocycles. The number of rotatable bonds is 4. The van der Waals surface area contributed by atoms with E-state index in [1.807, 2.05) is 0 Å². The van der Waals surface area contributed by atoms with Gasteiger partial charge in [-0.25, -0.2) is 4.79 Å². The van der Waals surface area contributed by atoms with Crippen LogP contribution >= 0.6 is 0 Å². The number of nitrogens with two attached hydrogens (primary N) is 1. The molecule has 0 radical (unpaired) electrons. The number of hydrogen-bond acceptors (Lipinski definition) is 5. The molecule has 7 nitrogen and oxygen atoms in total. The van der Waals surface area contributed by atoms with E-state index in [0.29, 0.717) is 13.0 Å². The van der Waals surface area contributed by atoms with Gasteiger partial charge in [-0.05, 0) is 0 Å². The fourth-order valence-corrected chi connectivity index (χ4v) is 1.90. The molecule has 0 aliphatic carbocycles. The SMILES string of the molecule is Nc1cc(OC(F)F)cc(O[C@H]2CCN(C(=O)O)C2)n1. The number of alkyl halides is 2. The average molecular weight is 289 g/mol. The molecule has 110 valence electrons. The molecule has 3 N–H and O–H groups in total. The van der Waals surface area contributed by atoms with Crippen molar-refractivity contribution in [1.29, 1.82) is 0 Å². The van der Waals surface area contributed by atoms with Gasteiger partial charge >= 0.3 is 12.7 Å². The Kier molecular flexibility index (Phi) is 4.06. The molecule has 0 saturated carbocycles. The number of ether oxygens (including phenoxy) is 2. The Bertz CT molecular complexity index is 501. The molecule has 2 heterocycles. The van der Waals surface area contributed by atoms with E-state index in [0.717, 1.165) is 6.07 Å². The molecule has 1 amide bonds. The van der Waals surface area contributed by atoms with Crippen molar-refractivity contribution < 1.29 is 28.2 Å². The number of nitrogen functional groups attached to an aromatic ring is 1. The van der Waals surface area contributed by atoms with E-state index >= 15 is 0 Å². The first-order valence-corrected chi connectivity index (χ1v) is 5.81. The lowest BCUT2D eigenvalue weighted by Gasteiger charge is -2.15. The van der Waals surface area contributed by atoms with Gasteiger partial charge in [0.15, 0.2) is 0 Å². The maximum atomic E-state index is 12.1. The highest BCUT2D eigenvalue weighted by Gasteiger charge is 2.27. The van der Waals surface area contributed by atoms with E-state index in [9.17, 15) is 13.6 Å². The molecule has 20 heavy (non-hydrogen) atoms. The highest BCUT2D eigenvalue weighted by atomic mass is 19.3. The van der Waals surface area contributed by atoms with Crippen LogP contribution in [0.15, 0.2) is 12.1 Å². The van der Waals surface area contributed by atoms with E-state index in [1.54, 1.807) is 0 Å². The molecule has 0 spiro atoms. The summed E-state index contributed by atoms with van der Waals surface area (Å²) in [6.45, 7) is -2.43. The Morgan fingerprint density at radius 3 is 2.90 bits per heavy atom. The van der Waals surface area contributed by atoms with Gasteiger partial charge in [0, 0.05) is 25.1 Å². The number of nitrogens with zero attached hydrogens (tertiary/aromatic N) is 2. The lowest BCUT2D eigenvalue weighted by molar-refractivity contribution is -0.0499. The second-order valence-electron chi connectivity index (χ2n) is 4.20. The van der Waals surface area contributed by atoms with Crippen molar-refractivity contribution in [3.8, 4) is 11.6 Å². The minimum absolute atomic E-state index is 0.0220. The maximum absolute atomic E-state index is 12.1. The third-order valence-electron chi connectivity index (χ3n) is 2.72. The number of hydrogen-bond donors (Lipinski definition) is 2. The fourth-order valence-electron chi connectivity index (χ4n) is 1.90. The Balaban J connectivity index is 2.02. The first kappa shape index (κ1) is 14.1. The smallest absolute Gasteiger partial charge is 0.407 e. The zero-order chi connectivity index (χ0) is 14.7. The van der Waals surface area contributed by atoms with E-state index in [4.69, 9.17) is 15.6 Å². The Hall–Kier alpha value is -2.32. The molecule has 1 aliphatic heterocycles. The molecular formula is C11H13F2N3O4. The number of aromatic nitrogens is 1. The zero-order valence-corrected chi connectivity index (χ0v) is 10.3. The van der Waals surface area contributed by atoms with Gasteiger partial charge in [0.1, 0.15) is 17.7 Å². The van der Waals surface area contributed by atoms with Gasteiger partial charge in [0.05, 0.1) is 6.54 Å². The van der Waals surface area contributed by atoms with E-state index < -0.39 is 12.7 Å². The van der Waals surface area contributed by atoms with Crippen LogP contribution in [0.25, 0.3) is 0 Å². The molecule has 1 aliphatic rings. The van der Waals surface area contributed by atoms with Crippen LogP contribution in [0.2, 0.25) is 0 Å². The monoisotopic (exact) mass is 289 g/mol. The third-order valence-corrected chi connectivity index (χ3v) is 2.72. The van der Waals surface area contributed by atoms with Crippen molar-refractivity contribution in [2.75, 3.05) is 18.8 Å². The summed E-state index contributed by atoms with van der Waals surface area (Å²) in [5.74, 6) is -0.153. The summed E-state index contributed by atoms with van der Waals surface area (Å²) >= 11 is 0. The van der Waals surface area contributed by atoms with Crippen LogP contribution in [0.3, 0.4) is 0 Å². The van der Waals surface area contributed by atoms with Gasteiger partial charge in [-0.3, -0.25) is 0 Å². The van der Waals surface area contributed by atoms with Crippen molar-refractivity contribution in [3.05, 3.63) is 12.1 Å². The molecule has 9 heteroatoms. The molecule has 1 atom stereocenters. The largest absolute Gasteiger partial charge is 0.472 e. The Morgan fingerprint density at radius 1 is 1.55 bits per heavy atom. The van der Waals surface area contributed by atoms with Crippen LogP contribution in [0, 0.1) is 0 Å². The lowest BCUT2D eigenvalue weighted by atomic mass is 10.3. The summed E-state index contributed by atoms with van der Waals surface area (Å²) in [4.78, 5) is 15.8. The van der Waals surface area contributed by atoms with Crippen molar-refractivity contribution in [2.45, 2.75) is 19.1 Å². The molecule has 0 unspecified atom stereocenters.